The van der Waals surface area contributed by atoms with Crippen LogP contribution in [-0.2, 0) is 0 Å². The Morgan fingerprint density at radius 1 is 1.31 bits per heavy atom. The summed E-state index contributed by atoms with van der Waals surface area (Å²) in [6, 6.07) is 8.47. The highest BCUT2D eigenvalue weighted by Gasteiger charge is 2.24. The molecule has 0 unspecified atom stereocenters. The summed E-state index contributed by atoms with van der Waals surface area (Å²) < 4.78 is 0. The highest BCUT2D eigenvalue weighted by Crippen LogP contribution is 2.29. The predicted octanol–water partition coefficient (Wildman–Crippen LogP) is 3.49. The van der Waals surface area contributed by atoms with Crippen molar-refractivity contribution >= 4 is 11.5 Å². The smallest absolute Gasteiger partial charge is 0.162 e. The molecule has 0 saturated heterocycles. The first kappa shape index (κ1) is 11.2. The summed E-state index contributed by atoms with van der Waals surface area (Å²) >= 11 is 0. The quantitative estimate of drug-likeness (QED) is 0.782. The number of carbonyl (C=O) groups is 1. The van der Waals surface area contributed by atoms with Crippen LogP contribution in [0.25, 0.3) is 0 Å². The Bertz CT molecular complexity index is 363. The van der Waals surface area contributed by atoms with E-state index in [2.05, 4.69) is 12.2 Å². The number of hydrogen-bond acceptors (Lipinski definition) is 2. The second kappa shape index (κ2) is 4.69. The Morgan fingerprint density at radius 3 is 2.44 bits per heavy atom. The highest BCUT2D eigenvalue weighted by molar-refractivity contribution is 5.96. The number of hydrogen-bond donors (Lipinski definition) is 1. The van der Waals surface area contributed by atoms with Crippen molar-refractivity contribution < 1.29 is 4.79 Å². The Hall–Kier alpha value is -1.31. The van der Waals surface area contributed by atoms with Crippen molar-refractivity contribution in [1.29, 1.82) is 0 Å². The van der Waals surface area contributed by atoms with Gasteiger partial charge in [-0.15, -0.1) is 0 Å². The van der Waals surface area contributed by atoms with Crippen LogP contribution in [0, 0.1) is 5.92 Å². The second-order valence-corrected chi connectivity index (χ2v) is 4.77. The summed E-state index contributed by atoms with van der Waals surface area (Å²) in [5.41, 5.74) is 1.94. The molecule has 0 amide bonds. The molecule has 0 spiro atoms. The van der Waals surface area contributed by atoms with E-state index >= 15 is 0 Å². The number of anilines is 1. The SMILES string of the molecule is CCC(=O)c1ccc(NC2CC(C)C2)cc1. The fraction of sp³-hybridized carbons (Fsp3) is 0.500. The summed E-state index contributed by atoms with van der Waals surface area (Å²) in [5.74, 6) is 1.07. The van der Waals surface area contributed by atoms with Gasteiger partial charge in [0.15, 0.2) is 5.78 Å². The van der Waals surface area contributed by atoms with Crippen molar-refractivity contribution in [3.8, 4) is 0 Å². The average Bonchev–Trinajstić information content (AvgIpc) is 2.27. The molecule has 1 aromatic carbocycles. The normalized spacial score (nSPS) is 23.6. The van der Waals surface area contributed by atoms with Crippen molar-refractivity contribution in [2.24, 2.45) is 5.92 Å². The van der Waals surface area contributed by atoms with Gasteiger partial charge >= 0.3 is 0 Å². The Morgan fingerprint density at radius 2 is 1.94 bits per heavy atom. The molecule has 1 N–H and O–H groups in total. The third-order valence-electron chi connectivity index (χ3n) is 3.27. The molecule has 1 aliphatic carbocycles. The molecule has 0 atom stereocenters. The van der Waals surface area contributed by atoms with Crippen LogP contribution in [0.1, 0.15) is 43.5 Å². The molecule has 2 nitrogen and oxygen atoms in total. The fourth-order valence-corrected chi connectivity index (χ4v) is 2.21. The molecular formula is C14H19NO. The van der Waals surface area contributed by atoms with E-state index < -0.39 is 0 Å². The van der Waals surface area contributed by atoms with Gasteiger partial charge in [0.2, 0.25) is 0 Å². The van der Waals surface area contributed by atoms with E-state index in [4.69, 9.17) is 0 Å². The van der Waals surface area contributed by atoms with Gasteiger partial charge in [-0.2, -0.15) is 0 Å². The number of nitrogens with one attached hydrogen (secondary N) is 1. The van der Waals surface area contributed by atoms with Crippen molar-refractivity contribution in [2.75, 3.05) is 5.32 Å². The molecule has 1 aliphatic rings. The molecule has 0 radical (unpaired) electrons. The number of rotatable bonds is 4. The number of carbonyl (C=O) groups excluding carboxylic acids is 1. The maximum atomic E-state index is 11.4. The van der Waals surface area contributed by atoms with E-state index in [0.29, 0.717) is 12.5 Å². The number of Topliss-reactive ketones (excluding diaryl/α,β-unsaturated/α-hetero) is 1. The molecule has 0 heterocycles. The van der Waals surface area contributed by atoms with Crippen LogP contribution in [0.4, 0.5) is 5.69 Å². The standard InChI is InChI=1S/C14H19NO/c1-3-14(16)11-4-6-12(7-5-11)15-13-8-10(2)9-13/h4-7,10,13,15H,3,8-9H2,1-2H3. The lowest BCUT2D eigenvalue weighted by Crippen LogP contribution is -2.33. The van der Waals surface area contributed by atoms with Gasteiger partial charge in [0.1, 0.15) is 0 Å². The first-order valence-electron chi connectivity index (χ1n) is 6.09. The lowest BCUT2D eigenvalue weighted by atomic mass is 9.82. The van der Waals surface area contributed by atoms with Crippen molar-refractivity contribution in [2.45, 2.75) is 39.2 Å². The van der Waals surface area contributed by atoms with E-state index in [9.17, 15) is 4.79 Å². The van der Waals surface area contributed by atoms with Crippen molar-refractivity contribution in [3.63, 3.8) is 0 Å². The van der Waals surface area contributed by atoms with Crippen LogP contribution in [-0.4, -0.2) is 11.8 Å². The molecule has 2 heteroatoms. The summed E-state index contributed by atoms with van der Waals surface area (Å²) in [7, 11) is 0. The number of ketones is 1. The van der Waals surface area contributed by atoms with Gasteiger partial charge in [-0.05, 0) is 43.0 Å². The van der Waals surface area contributed by atoms with Gasteiger partial charge in [0.25, 0.3) is 0 Å². The molecular weight excluding hydrogens is 198 g/mol. The Labute approximate surface area is 97.1 Å². The molecule has 16 heavy (non-hydrogen) atoms. The molecule has 2 rings (SSSR count). The van der Waals surface area contributed by atoms with E-state index in [1.165, 1.54) is 12.8 Å². The van der Waals surface area contributed by atoms with Gasteiger partial charge in [0.05, 0.1) is 0 Å². The van der Waals surface area contributed by atoms with Crippen LogP contribution >= 0.6 is 0 Å². The van der Waals surface area contributed by atoms with E-state index in [0.717, 1.165) is 17.2 Å². The van der Waals surface area contributed by atoms with Crippen LogP contribution < -0.4 is 5.32 Å². The van der Waals surface area contributed by atoms with Crippen LogP contribution in [0.3, 0.4) is 0 Å². The van der Waals surface area contributed by atoms with E-state index in [1.807, 2.05) is 31.2 Å². The first-order chi connectivity index (χ1) is 7.69. The highest BCUT2D eigenvalue weighted by atomic mass is 16.1. The Kier molecular flexibility index (Phi) is 3.28. The van der Waals surface area contributed by atoms with Crippen molar-refractivity contribution in [3.05, 3.63) is 29.8 Å². The second-order valence-electron chi connectivity index (χ2n) is 4.77. The minimum Gasteiger partial charge on any atom is -0.382 e. The molecule has 86 valence electrons. The number of benzene rings is 1. The lowest BCUT2D eigenvalue weighted by Gasteiger charge is -2.34. The van der Waals surface area contributed by atoms with Crippen LogP contribution in [0.15, 0.2) is 24.3 Å². The molecule has 1 aromatic rings. The zero-order chi connectivity index (χ0) is 11.5. The average molecular weight is 217 g/mol. The summed E-state index contributed by atoms with van der Waals surface area (Å²) in [4.78, 5) is 11.4. The minimum absolute atomic E-state index is 0.212. The maximum Gasteiger partial charge on any atom is 0.162 e. The molecule has 0 aromatic heterocycles. The van der Waals surface area contributed by atoms with Gasteiger partial charge in [0, 0.05) is 23.7 Å². The molecule has 1 fully saturated rings. The molecule has 0 bridgehead atoms. The molecule has 0 aliphatic heterocycles. The van der Waals surface area contributed by atoms with E-state index in [1.54, 1.807) is 0 Å². The summed E-state index contributed by atoms with van der Waals surface area (Å²) in [5, 5.41) is 3.48. The fourth-order valence-electron chi connectivity index (χ4n) is 2.21. The van der Waals surface area contributed by atoms with Gasteiger partial charge < -0.3 is 5.32 Å². The third-order valence-corrected chi connectivity index (χ3v) is 3.27. The van der Waals surface area contributed by atoms with Crippen LogP contribution in [0.5, 0.6) is 0 Å². The Balaban J connectivity index is 1.94. The monoisotopic (exact) mass is 217 g/mol. The molecule has 1 saturated carbocycles. The maximum absolute atomic E-state index is 11.4. The third kappa shape index (κ3) is 2.43. The lowest BCUT2D eigenvalue weighted by molar-refractivity contribution is 0.0988. The van der Waals surface area contributed by atoms with Gasteiger partial charge in [-0.25, -0.2) is 0 Å². The summed E-state index contributed by atoms with van der Waals surface area (Å²) in [6.07, 6.45) is 3.10. The largest absolute Gasteiger partial charge is 0.382 e. The summed E-state index contributed by atoms with van der Waals surface area (Å²) in [6.45, 7) is 4.17. The van der Waals surface area contributed by atoms with Gasteiger partial charge in [-0.1, -0.05) is 13.8 Å². The zero-order valence-corrected chi connectivity index (χ0v) is 9.99. The predicted molar refractivity (Wildman–Crippen MR) is 66.9 cm³/mol. The van der Waals surface area contributed by atoms with Crippen LogP contribution in [0.2, 0.25) is 0 Å². The zero-order valence-electron chi connectivity index (χ0n) is 9.99. The van der Waals surface area contributed by atoms with E-state index in [-0.39, 0.29) is 5.78 Å². The van der Waals surface area contributed by atoms with Crippen molar-refractivity contribution in [1.82, 2.24) is 0 Å². The minimum atomic E-state index is 0.212. The first-order valence-corrected chi connectivity index (χ1v) is 6.09. The topological polar surface area (TPSA) is 29.1 Å². The van der Waals surface area contributed by atoms with Gasteiger partial charge in [-0.3, -0.25) is 4.79 Å².